The van der Waals surface area contributed by atoms with E-state index in [0.29, 0.717) is 26.1 Å². The topological polar surface area (TPSA) is 74.3 Å². The summed E-state index contributed by atoms with van der Waals surface area (Å²) in [6.07, 6.45) is 4.68. The van der Waals surface area contributed by atoms with E-state index in [1.54, 1.807) is 11.3 Å². The molecule has 7 heteroatoms. The third-order valence-corrected chi connectivity index (χ3v) is 6.05. The molecule has 0 bridgehead atoms. The highest BCUT2D eigenvalue weighted by molar-refractivity contribution is 7.09. The van der Waals surface area contributed by atoms with Crippen LogP contribution in [-0.2, 0) is 16.0 Å². The van der Waals surface area contributed by atoms with E-state index in [1.165, 1.54) is 0 Å². The highest BCUT2D eigenvalue weighted by Crippen LogP contribution is 2.21. The molecule has 3 heterocycles. The molecule has 0 aliphatic carbocycles. The van der Waals surface area contributed by atoms with Crippen LogP contribution in [0.1, 0.15) is 36.4 Å². The van der Waals surface area contributed by atoms with Crippen LogP contribution >= 0.6 is 11.3 Å². The Balaban J connectivity index is 1.39. The van der Waals surface area contributed by atoms with Gasteiger partial charge < -0.3 is 15.5 Å². The van der Waals surface area contributed by atoms with Gasteiger partial charge in [-0.2, -0.15) is 0 Å². The van der Waals surface area contributed by atoms with E-state index in [4.69, 9.17) is 0 Å². The van der Waals surface area contributed by atoms with Crippen LogP contribution in [0.2, 0.25) is 0 Å². The van der Waals surface area contributed by atoms with E-state index in [2.05, 4.69) is 21.0 Å². The predicted octanol–water partition coefficient (Wildman–Crippen LogP) is 1.35. The Kier molecular flexibility index (Phi) is 6.42. The summed E-state index contributed by atoms with van der Waals surface area (Å²) in [6, 6.07) is 0. The number of likely N-dealkylation sites (tertiary alicyclic amines) is 1. The molecule has 0 aromatic carbocycles. The molecule has 6 nitrogen and oxygen atoms in total. The molecule has 2 amide bonds. The lowest BCUT2D eigenvalue weighted by Crippen LogP contribution is -2.49. The first-order valence-electron chi connectivity index (χ1n) is 9.31. The van der Waals surface area contributed by atoms with Gasteiger partial charge in [0.25, 0.3) is 0 Å². The average Bonchev–Trinajstić information content (AvgIpc) is 3.30. The van der Waals surface area contributed by atoms with Crippen molar-refractivity contribution in [2.24, 2.45) is 11.8 Å². The molecule has 2 atom stereocenters. The summed E-state index contributed by atoms with van der Waals surface area (Å²) in [5, 5.41) is 9.49. The molecule has 1 aromatic heterocycles. The quantitative estimate of drug-likeness (QED) is 0.747. The maximum absolute atomic E-state index is 12.5. The van der Waals surface area contributed by atoms with Gasteiger partial charge in [0.15, 0.2) is 0 Å². The SMILES string of the molecule is Cc1csc(CCCNC(=O)[C@H]2CNC[C@@H](C(=O)N3CCCC3)C2)n1. The molecule has 2 aliphatic rings. The van der Waals surface area contributed by atoms with Crippen molar-refractivity contribution in [2.75, 3.05) is 32.7 Å². The van der Waals surface area contributed by atoms with Gasteiger partial charge in [-0.15, -0.1) is 11.3 Å². The molecular weight excluding hydrogens is 336 g/mol. The van der Waals surface area contributed by atoms with Gasteiger partial charge >= 0.3 is 0 Å². The maximum Gasteiger partial charge on any atom is 0.226 e. The van der Waals surface area contributed by atoms with Gasteiger partial charge in [-0.25, -0.2) is 4.98 Å². The Morgan fingerprint density at radius 2 is 2.08 bits per heavy atom. The Morgan fingerprint density at radius 3 is 2.80 bits per heavy atom. The Bertz CT molecular complexity index is 598. The van der Waals surface area contributed by atoms with Crippen molar-refractivity contribution >= 4 is 23.2 Å². The molecular formula is C18H28N4O2S. The first-order chi connectivity index (χ1) is 12.1. The summed E-state index contributed by atoms with van der Waals surface area (Å²) < 4.78 is 0. The van der Waals surface area contributed by atoms with Crippen molar-refractivity contribution in [1.82, 2.24) is 20.5 Å². The van der Waals surface area contributed by atoms with E-state index in [-0.39, 0.29) is 23.7 Å². The standard InChI is InChI=1S/C18H28N4O2S/c1-13-12-25-16(21-13)5-4-6-20-17(23)14-9-15(11-19-10-14)18(24)22-7-2-3-8-22/h12,14-15,19H,2-11H2,1H3,(H,20,23)/t14-,15+/m1/s1. The minimum absolute atomic E-state index is 0.0547. The summed E-state index contributed by atoms with van der Waals surface area (Å²) in [4.78, 5) is 31.3. The monoisotopic (exact) mass is 364 g/mol. The van der Waals surface area contributed by atoms with Crippen LogP contribution in [0.3, 0.4) is 0 Å². The zero-order valence-corrected chi connectivity index (χ0v) is 15.7. The predicted molar refractivity (Wildman–Crippen MR) is 98.5 cm³/mol. The molecule has 0 spiro atoms. The van der Waals surface area contributed by atoms with Crippen LogP contribution in [0, 0.1) is 18.8 Å². The highest BCUT2D eigenvalue weighted by atomic mass is 32.1. The highest BCUT2D eigenvalue weighted by Gasteiger charge is 2.33. The Morgan fingerprint density at radius 1 is 1.32 bits per heavy atom. The molecule has 2 N–H and O–H groups in total. The van der Waals surface area contributed by atoms with Crippen molar-refractivity contribution in [2.45, 2.75) is 39.0 Å². The smallest absolute Gasteiger partial charge is 0.226 e. The minimum Gasteiger partial charge on any atom is -0.356 e. The molecule has 3 rings (SSSR count). The summed E-state index contributed by atoms with van der Waals surface area (Å²) in [7, 11) is 0. The number of hydrogen-bond acceptors (Lipinski definition) is 5. The van der Waals surface area contributed by atoms with Crippen molar-refractivity contribution in [3.63, 3.8) is 0 Å². The normalized spacial score (nSPS) is 23.6. The molecule has 2 aliphatic heterocycles. The van der Waals surface area contributed by atoms with E-state index < -0.39 is 0 Å². The largest absolute Gasteiger partial charge is 0.356 e. The third-order valence-electron chi connectivity index (χ3n) is 5.02. The first-order valence-corrected chi connectivity index (χ1v) is 10.2. The molecule has 25 heavy (non-hydrogen) atoms. The number of hydrogen-bond donors (Lipinski definition) is 2. The number of aryl methyl sites for hydroxylation is 2. The fraction of sp³-hybridized carbons (Fsp3) is 0.722. The van der Waals surface area contributed by atoms with Crippen molar-refractivity contribution < 1.29 is 9.59 Å². The Hall–Kier alpha value is -1.47. The molecule has 0 radical (unpaired) electrons. The molecule has 0 saturated carbocycles. The second kappa shape index (κ2) is 8.76. The van der Waals surface area contributed by atoms with Crippen LogP contribution < -0.4 is 10.6 Å². The number of carbonyl (C=O) groups excluding carboxylic acids is 2. The average molecular weight is 365 g/mol. The van der Waals surface area contributed by atoms with Crippen LogP contribution in [0.15, 0.2) is 5.38 Å². The maximum atomic E-state index is 12.5. The number of carbonyl (C=O) groups is 2. The second-order valence-corrected chi connectivity index (χ2v) is 8.04. The van der Waals surface area contributed by atoms with E-state index >= 15 is 0 Å². The lowest BCUT2D eigenvalue weighted by molar-refractivity contribution is -0.136. The van der Waals surface area contributed by atoms with Crippen LogP contribution in [0.5, 0.6) is 0 Å². The van der Waals surface area contributed by atoms with Crippen molar-refractivity contribution in [1.29, 1.82) is 0 Å². The van der Waals surface area contributed by atoms with Crippen molar-refractivity contribution in [3.8, 4) is 0 Å². The zero-order chi connectivity index (χ0) is 17.6. The van der Waals surface area contributed by atoms with Gasteiger partial charge in [0.05, 0.1) is 16.8 Å². The second-order valence-electron chi connectivity index (χ2n) is 7.10. The lowest BCUT2D eigenvalue weighted by Gasteiger charge is -2.31. The number of piperidine rings is 1. The fourth-order valence-corrected chi connectivity index (χ4v) is 4.46. The Labute approximate surface area is 153 Å². The first kappa shape index (κ1) is 18.3. The number of amides is 2. The van der Waals surface area contributed by atoms with Crippen LogP contribution in [0.4, 0.5) is 0 Å². The number of nitrogens with one attached hydrogen (secondary N) is 2. The van der Waals surface area contributed by atoms with E-state index in [1.807, 2.05) is 11.8 Å². The fourth-order valence-electron chi connectivity index (χ4n) is 3.64. The van der Waals surface area contributed by atoms with Crippen LogP contribution in [-0.4, -0.2) is 54.4 Å². The molecule has 138 valence electrons. The number of aromatic nitrogens is 1. The van der Waals surface area contributed by atoms with Gasteiger partial charge in [0.2, 0.25) is 11.8 Å². The van der Waals surface area contributed by atoms with Gasteiger partial charge in [0.1, 0.15) is 0 Å². The summed E-state index contributed by atoms with van der Waals surface area (Å²) >= 11 is 1.68. The van der Waals surface area contributed by atoms with E-state index in [9.17, 15) is 9.59 Å². The molecule has 2 saturated heterocycles. The van der Waals surface area contributed by atoms with Gasteiger partial charge in [-0.05, 0) is 32.6 Å². The van der Waals surface area contributed by atoms with Gasteiger partial charge in [-0.3, -0.25) is 9.59 Å². The number of thiazole rings is 1. The third kappa shape index (κ3) is 5.01. The van der Waals surface area contributed by atoms with Gasteiger partial charge in [0, 0.05) is 50.2 Å². The van der Waals surface area contributed by atoms with Crippen LogP contribution in [0.25, 0.3) is 0 Å². The molecule has 1 aromatic rings. The van der Waals surface area contributed by atoms with Crippen molar-refractivity contribution in [3.05, 3.63) is 16.1 Å². The summed E-state index contributed by atoms with van der Waals surface area (Å²) in [6.45, 7) is 5.78. The van der Waals surface area contributed by atoms with Gasteiger partial charge in [-0.1, -0.05) is 0 Å². The minimum atomic E-state index is -0.104. The summed E-state index contributed by atoms with van der Waals surface area (Å²) in [5.74, 6) is 0.136. The summed E-state index contributed by atoms with van der Waals surface area (Å²) in [5.41, 5.74) is 1.06. The molecule has 2 fully saturated rings. The van der Waals surface area contributed by atoms with E-state index in [0.717, 1.165) is 49.5 Å². The zero-order valence-electron chi connectivity index (χ0n) is 14.9. The number of rotatable bonds is 6. The lowest BCUT2D eigenvalue weighted by atomic mass is 9.89. The number of nitrogens with zero attached hydrogens (tertiary/aromatic N) is 2. The molecule has 0 unspecified atom stereocenters.